The van der Waals surface area contributed by atoms with Gasteiger partial charge in [0.2, 0.25) is 0 Å². The zero-order chi connectivity index (χ0) is 35.7. The molecule has 1 aliphatic carbocycles. The summed E-state index contributed by atoms with van der Waals surface area (Å²) in [6, 6.07) is 24.4. The van der Waals surface area contributed by atoms with Crippen LogP contribution in [0.4, 0.5) is 20.8 Å². The number of alkyl carbamates (subject to hydrolysis) is 1. The van der Waals surface area contributed by atoms with Gasteiger partial charge in [-0.3, -0.25) is 0 Å². The van der Waals surface area contributed by atoms with Crippen molar-refractivity contribution in [1.29, 1.82) is 0 Å². The number of hydrogen-bond acceptors (Lipinski definition) is 9. The lowest BCUT2D eigenvalue weighted by Gasteiger charge is -2.37. The minimum atomic E-state index is -1.22. The van der Waals surface area contributed by atoms with Gasteiger partial charge in [-0.1, -0.05) is 63.6 Å². The monoisotopic (exact) mass is 750 g/mol. The maximum Gasteiger partial charge on any atom is 0.408 e. The molecular formula is C39H36BrFN6O4. The van der Waals surface area contributed by atoms with Crippen LogP contribution < -0.4 is 15.1 Å². The van der Waals surface area contributed by atoms with E-state index < -0.39 is 29.5 Å². The second-order valence-electron chi connectivity index (χ2n) is 13.4. The van der Waals surface area contributed by atoms with Crippen molar-refractivity contribution in [1.82, 2.24) is 15.3 Å². The molecule has 2 aliphatic rings. The van der Waals surface area contributed by atoms with Crippen LogP contribution in [0.1, 0.15) is 37.5 Å². The Balaban J connectivity index is 1.27. The molecule has 51 heavy (non-hydrogen) atoms. The summed E-state index contributed by atoms with van der Waals surface area (Å²) in [6.45, 7) is 7.99. The van der Waals surface area contributed by atoms with Gasteiger partial charge in [-0.25, -0.2) is 23.9 Å². The first-order valence-electron chi connectivity index (χ1n) is 16.7. The van der Waals surface area contributed by atoms with Crippen LogP contribution in [0.3, 0.4) is 0 Å². The first-order chi connectivity index (χ1) is 24.5. The molecule has 1 N–H and O–H groups in total. The van der Waals surface area contributed by atoms with Gasteiger partial charge < -0.3 is 24.7 Å². The van der Waals surface area contributed by atoms with Gasteiger partial charge in [0.1, 0.15) is 34.8 Å². The van der Waals surface area contributed by atoms with Crippen LogP contribution >= 0.6 is 15.9 Å². The van der Waals surface area contributed by atoms with Gasteiger partial charge in [-0.05, 0) is 74.4 Å². The van der Waals surface area contributed by atoms with Crippen LogP contribution in [0.25, 0.3) is 22.0 Å². The Morgan fingerprint density at radius 2 is 1.67 bits per heavy atom. The largest absolute Gasteiger partial charge is 0.444 e. The van der Waals surface area contributed by atoms with E-state index >= 15 is 0 Å². The Morgan fingerprint density at radius 3 is 2.39 bits per heavy atom. The van der Waals surface area contributed by atoms with Crippen LogP contribution in [-0.4, -0.2) is 65.6 Å². The van der Waals surface area contributed by atoms with Crippen molar-refractivity contribution in [2.75, 3.05) is 36.0 Å². The lowest BCUT2D eigenvalue weighted by molar-refractivity contribution is -0.146. The molecule has 12 heteroatoms. The molecule has 260 valence electrons. The average Bonchev–Trinajstić information content (AvgIpc) is 3.44. The van der Waals surface area contributed by atoms with Crippen molar-refractivity contribution in [2.45, 2.75) is 38.8 Å². The van der Waals surface area contributed by atoms with Gasteiger partial charge in [-0.15, -0.1) is 0 Å². The number of pyridine rings is 2. The average molecular weight is 752 g/mol. The first-order valence-corrected chi connectivity index (χ1v) is 17.5. The predicted octanol–water partition coefficient (Wildman–Crippen LogP) is 7.27. The molecule has 1 atom stereocenters. The van der Waals surface area contributed by atoms with Gasteiger partial charge >= 0.3 is 12.1 Å². The smallest absolute Gasteiger partial charge is 0.408 e. The molecule has 5 aromatic rings. The number of hydrogen-bond donors (Lipinski definition) is 1. The number of carbonyl (C=O) groups excluding carboxylic acids is 2. The standard InChI is InChI=1S/C39H36BrFN6O4/c1-39(2,3)50-38(49)44-31(22-24-9-8-10-26(41)21-24)37(48)51-45-35-28-12-5-4-11-27(28)33-29-23-25(40)14-15-30(29)43-36(34(33)35)47-19-17-46(18-20-47)32-13-6-7-16-42-32/h4-16,21,23,31H,17-20,22H2,1-3H3,(H,44,49)/b45-35+. The van der Waals surface area contributed by atoms with Gasteiger partial charge in [0.15, 0.2) is 0 Å². The Labute approximate surface area is 303 Å². The zero-order valence-corrected chi connectivity index (χ0v) is 30.0. The third-order valence-electron chi connectivity index (χ3n) is 8.70. The minimum absolute atomic E-state index is 0.0418. The SMILES string of the molecule is CC(C)(C)OC(=O)NC(Cc1cccc(F)c1)C(=O)O/N=C1\c2ccccc2-c2c1c(N1CCN(c3ccccn3)CC1)nc1ccc(Br)cc21. The maximum atomic E-state index is 14.1. The number of benzene rings is 3. The van der Waals surface area contributed by atoms with E-state index in [2.05, 4.69) is 41.2 Å². The van der Waals surface area contributed by atoms with Gasteiger partial charge in [0, 0.05) is 59.8 Å². The molecule has 10 nitrogen and oxygen atoms in total. The van der Waals surface area contributed by atoms with Crippen molar-refractivity contribution in [3.05, 3.63) is 118 Å². The number of nitrogens with one attached hydrogen (secondary N) is 1. The highest BCUT2D eigenvalue weighted by Crippen LogP contribution is 2.46. The van der Waals surface area contributed by atoms with Crippen molar-refractivity contribution >= 4 is 56.2 Å². The quantitative estimate of drug-likeness (QED) is 0.134. The second kappa shape index (κ2) is 14.1. The summed E-state index contributed by atoms with van der Waals surface area (Å²) in [5.41, 5.74) is 4.37. The summed E-state index contributed by atoms with van der Waals surface area (Å²) in [5, 5.41) is 8.05. The van der Waals surface area contributed by atoms with Crippen molar-refractivity contribution in [3.8, 4) is 11.1 Å². The number of amides is 1. The van der Waals surface area contributed by atoms with Gasteiger partial charge in [-0.2, -0.15) is 0 Å². The van der Waals surface area contributed by atoms with Gasteiger partial charge in [0.05, 0.1) is 11.1 Å². The normalized spacial score (nSPS) is 15.4. The fourth-order valence-corrected chi connectivity index (χ4v) is 6.84. The van der Waals surface area contributed by atoms with Crippen LogP contribution in [-0.2, 0) is 20.8 Å². The van der Waals surface area contributed by atoms with Crippen molar-refractivity contribution in [3.63, 3.8) is 0 Å². The maximum absolute atomic E-state index is 14.1. The number of ether oxygens (including phenoxy) is 1. The number of halogens is 2. The van der Waals surface area contributed by atoms with E-state index in [0.717, 1.165) is 62.4 Å². The Hall–Kier alpha value is -5.36. The molecule has 1 amide bonds. The molecule has 7 rings (SSSR count). The van der Waals surface area contributed by atoms with Crippen molar-refractivity contribution < 1.29 is 23.6 Å². The Kier molecular flexibility index (Phi) is 9.43. The zero-order valence-electron chi connectivity index (χ0n) is 28.4. The number of oxime groups is 1. The summed E-state index contributed by atoms with van der Waals surface area (Å²) in [7, 11) is 0. The second-order valence-corrected chi connectivity index (χ2v) is 14.4. The predicted molar refractivity (Wildman–Crippen MR) is 199 cm³/mol. The molecule has 1 saturated heterocycles. The van der Waals surface area contributed by atoms with Crippen LogP contribution in [0.15, 0.2) is 101 Å². The summed E-state index contributed by atoms with van der Waals surface area (Å²) < 4.78 is 20.4. The summed E-state index contributed by atoms with van der Waals surface area (Å²) >= 11 is 3.64. The number of anilines is 2. The lowest BCUT2D eigenvalue weighted by Crippen LogP contribution is -2.47. The number of nitrogens with zero attached hydrogens (tertiary/aromatic N) is 5. The third-order valence-corrected chi connectivity index (χ3v) is 9.19. The molecule has 0 spiro atoms. The lowest BCUT2D eigenvalue weighted by atomic mass is 10.0. The number of aromatic nitrogens is 2. The number of piperazine rings is 1. The van der Waals surface area contributed by atoms with E-state index in [-0.39, 0.29) is 6.42 Å². The topological polar surface area (TPSA) is 109 Å². The molecule has 3 heterocycles. The molecule has 3 aromatic carbocycles. The highest BCUT2D eigenvalue weighted by Gasteiger charge is 2.35. The van der Waals surface area contributed by atoms with E-state index in [9.17, 15) is 14.0 Å². The van der Waals surface area contributed by atoms with E-state index in [0.29, 0.717) is 24.4 Å². The van der Waals surface area contributed by atoms with Crippen LogP contribution in [0.5, 0.6) is 0 Å². The molecule has 0 saturated carbocycles. The number of carbonyl (C=O) groups is 2. The Bertz CT molecular complexity index is 2150. The molecular weight excluding hydrogens is 715 g/mol. The highest BCUT2D eigenvalue weighted by atomic mass is 79.9. The van der Waals surface area contributed by atoms with E-state index in [4.69, 9.17) is 14.6 Å². The number of rotatable bonds is 7. The summed E-state index contributed by atoms with van der Waals surface area (Å²) in [6.07, 6.45) is 0.947. The highest BCUT2D eigenvalue weighted by molar-refractivity contribution is 9.10. The fourth-order valence-electron chi connectivity index (χ4n) is 6.48. The molecule has 1 unspecified atom stereocenters. The van der Waals surface area contributed by atoms with E-state index in [1.54, 1.807) is 39.1 Å². The Morgan fingerprint density at radius 1 is 0.922 bits per heavy atom. The van der Waals surface area contributed by atoms with E-state index in [1.165, 1.54) is 12.1 Å². The molecule has 1 aliphatic heterocycles. The molecule has 1 fully saturated rings. The molecule has 2 aromatic heterocycles. The van der Waals surface area contributed by atoms with E-state index in [1.807, 2.05) is 60.7 Å². The number of fused-ring (bicyclic) bond motifs is 5. The van der Waals surface area contributed by atoms with Crippen LogP contribution in [0, 0.1) is 5.82 Å². The van der Waals surface area contributed by atoms with Crippen LogP contribution in [0.2, 0.25) is 0 Å². The first kappa shape index (κ1) is 34.1. The van der Waals surface area contributed by atoms with Crippen molar-refractivity contribution in [2.24, 2.45) is 5.16 Å². The fraction of sp³-hybridized carbons (Fsp3) is 0.256. The van der Waals surface area contributed by atoms with Gasteiger partial charge in [0.25, 0.3) is 0 Å². The summed E-state index contributed by atoms with van der Waals surface area (Å²) in [4.78, 5) is 46.5. The molecule has 0 radical (unpaired) electrons. The molecule has 0 bridgehead atoms. The minimum Gasteiger partial charge on any atom is -0.444 e. The third kappa shape index (κ3) is 7.41. The summed E-state index contributed by atoms with van der Waals surface area (Å²) in [5.74, 6) is 0.365.